The molecule has 2 fully saturated rings. The van der Waals surface area contributed by atoms with Gasteiger partial charge in [0.15, 0.2) is 5.96 Å². The quantitative estimate of drug-likeness (QED) is 0.243. The molecule has 12 heteroatoms. The van der Waals surface area contributed by atoms with E-state index in [0.29, 0.717) is 39.4 Å². The van der Waals surface area contributed by atoms with E-state index in [-0.39, 0.29) is 29.9 Å². The van der Waals surface area contributed by atoms with E-state index in [9.17, 15) is 13.2 Å². The number of aliphatic imine (C=N–C) groups is 1. The van der Waals surface area contributed by atoms with E-state index in [4.69, 9.17) is 4.74 Å². The van der Waals surface area contributed by atoms with Crippen LogP contribution in [0.5, 0.6) is 0 Å². The fraction of sp³-hybridized carbons (Fsp3) is 0.889. The predicted octanol–water partition coefficient (Wildman–Crippen LogP) is -0.626. The molecule has 0 spiro atoms. The van der Waals surface area contributed by atoms with E-state index in [1.165, 1.54) is 0 Å². The zero-order valence-electron chi connectivity index (χ0n) is 18.5. The molecule has 2 N–H and O–H groups in total. The maximum atomic E-state index is 12.4. The summed E-state index contributed by atoms with van der Waals surface area (Å²) < 4.78 is 31.0. The second kappa shape index (κ2) is 12.4. The first-order valence-corrected chi connectivity index (χ1v) is 12.1. The van der Waals surface area contributed by atoms with Gasteiger partial charge in [-0.25, -0.2) is 13.1 Å². The second-order valence-corrected chi connectivity index (χ2v) is 9.93. The number of guanidine groups is 1. The van der Waals surface area contributed by atoms with Crippen LogP contribution in [0.1, 0.15) is 20.8 Å². The second-order valence-electron chi connectivity index (χ2n) is 8.18. The molecule has 30 heavy (non-hydrogen) atoms. The van der Waals surface area contributed by atoms with Crippen molar-refractivity contribution in [3.8, 4) is 0 Å². The van der Waals surface area contributed by atoms with Crippen molar-refractivity contribution in [2.24, 2.45) is 4.99 Å². The fourth-order valence-electron chi connectivity index (χ4n) is 3.45. The van der Waals surface area contributed by atoms with Gasteiger partial charge in [0.2, 0.25) is 15.9 Å². The van der Waals surface area contributed by atoms with Crippen molar-refractivity contribution in [3.63, 3.8) is 0 Å². The highest BCUT2D eigenvalue weighted by atomic mass is 127. The number of nitrogens with one attached hydrogen (secondary N) is 2. The van der Waals surface area contributed by atoms with Crippen LogP contribution in [-0.4, -0.2) is 119 Å². The zero-order chi connectivity index (χ0) is 21.5. The van der Waals surface area contributed by atoms with Gasteiger partial charge in [-0.1, -0.05) is 0 Å². The summed E-state index contributed by atoms with van der Waals surface area (Å²) in [7, 11) is -3.30. The van der Waals surface area contributed by atoms with E-state index < -0.39 is 15.6 Å². The Bertz CT molecular complexity index is 674. The minimum absolute atomic E-state index is 0. The van der Waals surface area contributed by atoms with Gasteiger partial charge in [0, 0.05) is 51.4 Å². The number of carbonyl (C=O) groups excluding carboxylic acids is 1. The number of piperazine rings is 1. The summed E-state index contributed by atoms with van der Waals surface area (Å²) in [4.78, 5) is 23.3. The Balaban J connectivity index is 0.00000450. The molecule has 2 aliphatic rings. The number of nitrogens with zero attached hydrogens (tertiary/aromatic N) is 4. The van der Waals surface area contributed by atoms with Crippen LogP contribution >= 0.6 is 24.0 Å². The number of halogens is 1. The summed E-state index contributed by atoms with van der Waals surface area (Å²) in [6.45, 7) is 12.8. The first-order chi connectivity index (χ1) is 13.6. The Morgan fingerprint density at radius 1 is 1.07 bits per heavy atom. The van der Waals surface area contributed by atoms with Crippen LogP contribution in [0.4, 0.5) is 0 Å². The molecular formula is C18H37IN6O4S. The van der Waals surface area contributed by atoms with Crippen LogP contribution in [0.15, 0.2) is 4.99 Å². The van der Waals surface area contributed by atoms with Crippen LogP contribution in [0.3, 0.4) is 0 Å². The average Bonchev–Trinajstić information content (AvgIpc) is 2.64. The van der Waals surface area contributed by atoms with E-state index >= 15 is 0 Å². The standard InChI is InChI=1S/C18H36N6O4S.HI/c1-5-19-17(20-15-18(2,3)21-29(4,26)27)24-8-6-22(7-9-24)14-16(25)23-10-12-28-13-11-23;/h21H,5-15H2,1-4H3,(H,19,20);1H. The summed E-state index contributed by atoms with van der Waals surface area (Å²) in [6, 6.07) is 0. The minimum Gasteiger partial charge on any atom is -0.378 e. The number of hydrogen-bond donors (Lipinski definition) is 2. The molecule has 0 aromatic rings. The molecule has 2 rings (SSSR count). The molecule has 0 bridgehead atoms. The van der Waals surface area contributed by atoms with Gasteiger partial charge in [-0.3, -0.25) is 14.7 Å². The first-order valence-electron chi connectivity index (χ1n) is 10.2. The highest BCUT2D eigenvalue weighted by Gasteiger charge is 2.26. The maximum Gasteiger partial charge on any atom is 0.236 e. The van der Waals surface area contributed by atoms with Gasteiger partial charge in [-0.2, -0.15) is 0 Å². The number of morpholine rings is 1. The monoisotopic (exact) mass is 560 g/mol. The van der Waals surface area contributed by atoms with Gasteiger partial charge in [-0.15, -0.1) is 24.0 Å². The predicted molar refractivity (Wildman–Crippen MR) is 129 cm³/mol. The lowest BCUT2D eigenvalue weighted by molar-refractivity contribution is -0.136. The SMILES string of the molecule is CCNC(=NCC(C)(C)NS(C)(=O)=O)N1CCN(CC(=O)N2CCOCC2)CC1.I. The summed E-state index contributed by atoms with van der Waals surface area (Å²) >= 11 is 0. The number of carbonyl (C=O) groups is 1. The molecular weight excluding hydrogens is 523 g/mol. The van der Waals surface area contributed by atoms with Gasteiger partial charge in [-0.05, 0) is 20.8 Å². The molecule has 2 saturated heterocycles. The van der Waals surface area contributed by atoms with Crippen molar-refractivity contribution in [1.82, 2.24) is 24.7 Å². The van der Waals surface area contributed by atoms with Crippen LogP contribution in [0, 0.1) is 0 Å². The van der Waals surface area contributed by atoms with Gasteiger partial charge in [0.1, 0.15) is 0 Å². The van der Waals surface area contributed by atoms with Crippen molar-refractivity contribution in [1.29, 1.82) is 0 Å². The third-order valence-corrected chi connectivity index (χ3v) is 5.74. The Morgan fingerprint density at radius 2 is 1.67 bits per heavy atom. The molecule has 0 aromatic carbocycles. The van der Waals surface area contributed by atoms with Crippen LogP contribution < -0.4 is 10.0 Å². The Kier molecular flexibility index (Phi) is 11.3. The Morgan fingerprint density at radius 3 is 2.20 bits per heavy atom. The van der Waals surface area contributed by atoms with E-state index in [1.807, 2.05) is 25.7 Å². The highest BCUT2D eigenvalue weighted by Crippen LogP contribution is 2.08. The Labute approximate surface area is 197 Å². The normalized spacial score (nSPS) is 19.4. The van der Waals surface area contributed by atoms with Crippen LogP contribution in [0.2, 0.25) is 0 Å². The third-order valence-electron chi connectivity index (χ3n) is 4.82. The molecule has 1 amide bonds. The number of sulfonamides is 1. The molecule has 0 aromatic heterocycles. The molecule has 0 aliphatic carbocycles. The molecule has 0 saturated carbocycles. The number of amides is 1. The van der Waals surface area contributed by atoms with Crippen molar-refractivity contribution < 1.29 is 17.9 Å². The van der Waals surface area contributed by atoms with Gasteiger partial charge in [0.25, 0.3) is 0 Å². The first kappa shape index (κ1) is 27.3. The van der Waals surface area contributed by atoms with E-state index in [0.717, 1.165) is 44.9 Å². The summed E-state index contributed by atoms with van der Waals surface area (Å²) in [5.41, 5.74) is -0.666. The lowest BCUT2D eigenvalue weighted by atomic mass is 10.1. The largest absolute Gasteiger partial charge is 0.378 e. The van der Waals surface area contributed by atoms with E-state index in [1.54, 1.807) is 0 Å². The molecule has 10 nitrogen and oxygen atoms in total. The molecule has 176 valence electrons. The minimum atomic E-state index is -3.30. The topological polar surface area (TPSA) is 107 Å². The number of rotatable bonds is 7. The number of hydrogen-bond acceptors (Lipinski definition) is 6. The molecule has 2 heterocycles. The Hall–Kier alpha value is -0.700. The van der Waals surface area contributed by atoms with Crippen LogP contribution in [0.25, 0.3) is 0 Å². The van der Waals surface area contributed by atoms with Gasteiger partial charge >= 0.3 is 0 Å². The van der Waals surface area contributed by atoms with Crippen molar-refractivity contribution in [3.05, 3.63) is 0 Å². The van der Waals surface area contributed by atoms with Crippen molar-refractivity contribution in [2.45, 2.75) is 26.3 Å². The maximum absolute atomic E-state index is 12.4. The summed E-state index contributed by atoms with van der Waals surface area (Å²) in [5.74, 6) is 0.936. The average molecular weight is 561 g/mol. The highest BCUT2D eigenvalue weighted by molar-refractivity contribution is 14.0. The lowest BCUT2D eigenvalue weighted by Crippen LogP contribution is -2.55. The molecule has 0 radical (unpaired) electrons. The lowest BCUT2D eigenvalue weighted by Gasteiger charge is -2.37. The summed E-state index contributed by atoms with van der Waals surface area (Å²) in [6.07, 6.45) is 1.15. The molecule has 0 unspecified atom stereocenters. The summed E-state index contributed by atoms with van der Waals surface area (Å²) in [5, 5.41) is 3.29. The van der Waals surface area contributed by atoms with Crippen molar-refractivity contribution in [2.75, 3.05) is 78.4 Å². The van der Waals surface area contributed by atoms with E-state index in [2.05, 4.69) is 24.8 Å². The third kappa shape index (κ3) is 9.62. The zero-order valence-corrected chi connectivity index (χ0v) is 21.7. The fourth-order valence-corrected chi connectivity index (χ4v) is 4.52. The van der Waals surface area contributed by atoms with Gasteiger partial charge in [0.05, 0.1) is 32.6 Å². The number of ether oxygens (including phenoxy) is 1. The van der Waals surface area contributed by atoms with Crippen LogP contribution in [-0.2, 0) is 19.6 Å². The van der Waals surface area contributed by atoms with Gasteiger partial charge < -0.3 is 19.9 Å². The molecule has 0 atom stereocenters. The van der Waals surface area contributed by atoms with Crippen molar-refractivity contribution >= 4 is 45.9 Å². The molecule has 2 aliphatic heterocycles. The smallest absolute Gasteiger partial charge is 0.236 e.